The minimum absolute atomic E-state index is 0.0182. The summed E-state index contributed by atoms with van der Waals surface area (Å²) in [5.41, 5.74) is 3.52. The molecule has 6 atom stereocenters. The number of aldehydes is 1. The van der Waals surface area contributed by atoms with Gasteiger partial charge < -0.3 is 34.0 Å². The van der Waals surface area contributed by atoms with Gasteiger partial charge in [-0.25, -0.2) is 0 Å². The van der Waals surface area contributed by atoms with Crippen molar-refractivity contribution < 1.29 is 38.8 Å². The number of ether oxygens (including phenoxy) is 4. The van der Waals surface area contributed by atoms with E-state index in [-0.39, 0.29) is 42.1 Å². The Morgan fingerprint density at radius 1 is 1.02 bits per heavy atom. The molecule has 2 N–H and O–H groups in total. The fourth-order valence-corrected chi connectivity index (χ4v) is 10.7. The fourth-order valence-electron chi connectivity index (χ4n) is 8.88. The van der Waals surface area contributed by atoms with Crippen LogP contribution >= 0.6 is 11.8 Å². The molecule has 0 spiro atoms. The van der Waals surface area contributed by atoms with Gasteiger partial charge in [-0.2, -0.15) is 0 Å². The molecule has 4 aliphatic rings. The maximum Gasteiger partial charge on any atom is 0.230 e. The van der Waals surface area contributed by atoms with Crippen LogP contribution in [0.5, 0.6) is 23.0 Å². The van der Waals surface area contributed by atoms with Gasteiger partial charge in [0.25, 0.3) is 0 Å². The van der Waals surface area contributed by atoms with Crippen LogP contribution in [0.25, 0.3) is 0 Å². The SMILES string of the molecule is C=CCO[C@@]12Oc3ccc(Oc4ccc(OC)c(C=O)c4)cc3[C@H]3[C@H](CCCCO)[C@@H](CCCCO)C=C(C(=NOC)C[C@@H]1SC1CCCC1)[C@H]32. The van der Waals surface area contributed by atoms with Crippen molar-refractivity contribution in [2.24, 2.45) is 22.9 Å². The molecule has 276 valence electrons. The van der Waals surface area contributed by atoms with Crippen LogP contribution in [-0.4, -0.2) is 72.5 Å². The van der Waals surface area contributed by atoms with Crippen LogP contribution < -0.4 is 14.2 Å². The van der Waals surface area contributed by atoms with Gasteiger partial charge in [0.15, 0.2) is 6.29 Å². The summed E-state index contributed by atoms with van der Waals surface area (Å²) in [4.78, 5) is 17.3. The lowest BCUT2D eigenvalue weighted by molar-refractivity contribution is -0.223. The Balaban J connectivity index is 1.51. The summed E-state index contributed by atoms with van der Waals surface area (Å²) in [6.07, 6.45) is 15.6. The van der Waals surface area contributed by atoms with E-state index in [4.69, 9.17) is 23.8 Å². The molecule has 2 aromatic carbocycles. The summed E-state index contributed by atoms with van der Waals surface area (Å²) in [5.74, 6) is 1.67. The van der Waals surface area contributed by atoms with Gasteiger partial charge in [-0.3, -0.25) is 4.79 Å². The highest BCUT2D eigenvalue weighted by molar-refractivity contribution is 8.00. The Kier molecular flexibility index (Phi) is 12.8. The van der Waals surface area contributed by atoms with Gasteiger partial charge in [0.2, 0.25) is 5.79 Å². The van der Waals surface area contributed by atoms with Crippen molar-refractivity contribution in [1.82, 2.24) is 0 Å². The Morgan fingerprint density at radius 3 is 2.47 bits per heavy atom. The van der Waals surface area contributed by atoms with E-state index in [0.717, 1.165) is 67.4 Å². The van der Waals surface area contributed by atoms with E-state index in [9.17, 15) is 15.0 Å². The zero-order valence-electron chi connectivity index (χ0n) is 30.0. The Hall–Kier alpha value is -3.31. The topological polar surface area (TPSA) is 116 Å². The number of hydrogen-bond acceptors (Lipinski definition) is 10. The van der Waals surface area contributed by atoms with Gasteiger partial charge in [-0.1, -0.05) is 43.0 Å². The first-order valence-electron chi connectivity index (χ1n) is 18.6. The third-order valence-corrected chi connectivity index (χ3v) is 12.7. The highest BCUT2D eigenvalue weighted by atomic mass is 32.2. The van der Waals surface area contributed by atoms with Crippen LogP contribution in [0.2, 0.25) is 0 Å². The van der Waals surface area contributed by atoms with Crippen LogP contribution in [0.15, 0.2) is 65.9 Å². The van der Waals surface area contributed by atoms with Gasteiger partial charge in [0.05, 0.1) is 36.2 Å². The standard InChI is InChI=1S/C41H53NO8S/c1-4-21-48-41-38(51-31-12-5-6-13-31)25-35(42-47-3)33-23-27(11-7-9-19-43)32(14-8-10-20-44)39(40(33)41)34-24-30(16-18-37(34)50-41)49-29-15-17-36(46-2)28(22-29)26-45/h4,15-18,22-24,26-27,31-32,38-40,43-44H,1,5-14,19-21,25H2,2-3H3/t27-,32+,38-,39+,40+,41+/m0/s1. The normalized spacial score (nSPS) is 27.6. The third-order valence-electron chi connectivity index (χ3n) is 11.0. The quantitative estimate of drug-likeness (QED) is 0.0680. The molecule has 0 unspecified atom stereocenters. The number of aliphatic hydroxyl groups is 2. The molecule has 1 aliphatic heterocycles. The number of carbonyl (C=O) groups is 1. The van der Waals surface area contributed by atoms with Gasteiger partial charge >= 0.3 is 0 Å². The number of benzene rings is 2. The van der Waals surface area contributed by atoms with E-state index in [1.54, 1.807) is 31.4 Å². The number of nitrogens with zero attached hydrogens (tertiary/aromatic N) is 1. The maximum absolute atomic E-state index is 11.8. The van der Waals surface area contributed by atoms with Crippen LogP contribution in [0.1, 0.15) is 92.5 Å². The highest BCUT2D eigenvalue weighted by Gasteiger charge is 2.64. The van der Waals surface area contributed by atoms with Crippen LogP contribution in [0.4, 0.5) is 0 Å². The van der Waals surface area contributed by atoms with Crippen molar-refractivity contribution in [2.75, 3.05) is 34.0 Å². The van der Waals surface area contributed by atoms with Crippen molar-refractivity contribution in [2.45, 2.75) is 92.8 Å². The Labute approximate surface area is 306 Å². The minimum atomic E-state index is -0.972. The number of rotatable bonds is 18. The lowest BCUT2D eigenvalue weighted by Gasteiger charge is -2.58. The number of aliphatic hydroxyl groups excluding tert-OH is 2. The predicted molar refractivity (Wildman–Crippen MR) is 200 cm³/mol. The third kappa shape index (κ3) is 7.89. The maximum atomic E-state index is 11.8. The molecular weight excluding hydrogens is 667 g/mol. The first-order valence-corrected chi connectivity index (χ1v) is 19.5. The van der Waals surface area contributed by atoms with Crippen LogP contribution in [0.3, 0.4) is 0 Å². The van der Waals surface area contributed by atoms with Crippen LogP contribution in [0, 0.1) is 17.8 Å². The molecule has 2 saturated carbocycles. The predicted octanol–water partition coefficient (Wildman–Crippen LogP) is 8.24. The zero-order valence-corrected chi connectivity index (χ0v) is 30.8. The molecule has 0 radical (unpaired) electrons. The first kappa shape index (κ1) is 37.4. The van der Waals surface area contributed by atoms with Crippen molar-refractivity contribution in [3.63, 3.8) is 0 Å². The summed E-state index contributed by atoms with van der Waals surface area (Å²) in [7, 11) is 3.15. The molecule has 10 heteroatoms. The summed E-state index contributed by atoms with van der Waals surface area (Å²) in [6, 6.07) is 11.2. The van der Waals surface area contributed by atoms with Gasteiger partial charge in [-0.05, 0) is 92.3 Å². The molecule has 3 aliphatic carbocycles. The lowest BCUT2D eigenvalue weighted by Crippen LogP contribution is -2.64. The molecule has 0 bridgehead atoms. The van der Waals surface area contributed by atoms with Crippen molar-refractivity contribution >= 4 is 23.8 Å². The van der Waals surface area contributed by atoms with Crippen LogP contribution in [-0.2, 0) is 9.57 Å². The summed E-state index contributed by atoms with van der Waals surface area (Å²) in [6.45, 7) is 4.68. The minimum Gasteiger partial charge on any atom is -0.496 e. The second-order valence-electron chi connectivity index (χ2n) is 14.1. The molecule has 2 aromatic rings. The zero-order chi connectivity index (χ0) is 35.8. The van der Waals surface area contributed by atoms with E-state index >= 15 is 0 Å². The Bertz CT molecular complexity index is 1570. The number of fused-ring (bicyclic) bond motifs is 2. The molecule has 6 rings (SSSR count). The number of carbonyl (C=O) groups excluding carboxylic acids is 1. The average molecular weight is 720 g/mol. The second-order valence-corrected chi connectivity index (χ2v) is 15.6. The number of methoxy groups -OCH3 is 1. The van der Waals surface area contributed by atoms with Crippen molar-refractivity contribution in [1.29, 1.82) is 0 Å². The van der Waals surface area contributed by atoms with E-state index in [1.807, 2.05) is 23.9 Å². The highest BCUT2D eigenvalue weighted by Crippen LogP contribution is 2.63. The molecular formula is C41H53NO8S. The molecule has 0 saturated heterocycles. The molecule has 0 aromatic heterocycles. The molecule has 51 heavy (non-hydrogen) atoms. The largest absolute Gasteiger partial charge is 0.496 e. The van der Waals surface area contributed by atoms with Gasteiger partial charge in [-0.15, -0.1) is 18.3 Å². The average Bonchev–Trinajstić information content (AvgIpc) is 3.66. The summed E-state index contributed by atoms with van der Waals surface area (Å²) >= 11 is 1.99. The van der Waals surface area contributed by atoms with E-state index in [2.05, 4.69) is 23.9 Å². The smallest absolute Gasteiger partial charge is 0.230 e. The number of allylic oxidation sites excluding steroid dienone is 1. The van der Waals surface area contributed by atoms with Gasteiger partial charge in [0, 0.05) is 36.4 Å². The number of thioether (sulfide) groups is 1. The second kappa shape index (κ2) is 17.5. The molecule has 9 nitrogen and oxygen atoms in total. The molecule has 0 amide bonds. The van der Waals surface area contributed by atoms with Crippen molar-refractivity contribution in [3.05, 3.63) is 71.8 Å². The molecule has 1 heterocycles. The summed E-state index contributed by atoms with van der Waals surface area (Å²) in [5, 5.41) is 24.7. The number of oxime groups is 1. The lowest BCUT2D eigenvalue weighted by atomic mass is 9.56. The fraction of sp³-hybridized carbons (Fsp3) is 0.561. The number of unbranched alkanes of at least 4 members (excludes halogenated alkanes) is 2. The van der Waals surface area contributed by atoms with E-state index in [1.165, 1.54) is 32.8 Å². The monoisotopic (exact) mass is 719 g/mol. The molecule has 2 fully saturated rings. The Morgan fingerprint density at radius 2 is 1.76 bits per heavy atom. The van der Waals surface area contributed by atoms with Gasteiger partial charge in [0.1, 0.15) is 30.1 Å². The van der Waals surface area contributed by atoms with Crippen molar-refractivity contribution in [3.8, 4) is 23.0 Å². The number of hydrogen-bond donors (Lipinski definition) is 2. The van der Waals surface area contributed by atoms with E-state index < -0.39 is 5.79 Å². The first-order chi connectivity index (χ1) is 25.0. The summed E-state index contributed by atoms with van der Waals surface area (Å²) < 4.78 is 26.0. The van der Waals surface area contributed by atoms with E-state index in [0.29, 0.717) is 41.1 Å².